The average molecular weight is 455 g/mol. The van der Waals surface area contributed by atoms with Crippen LogP contribution in [0, 0.1) is 0 Å². The quantitative estimate of drug-likeness (QED) is 0.355. The lowest BCUT2D eigenvalue weighted by Gasteiger charge is -2.12. The first-order valence-corrected chi connectivity index (χ1v) is 9.43. The second kappa shape index (κ2) is 11.5. The maximum absolute atomic E-state index is 11.1. The predicted octanol–water partition coefficient (Wildman–Crippen LogP) is 1.80. The molecule has 0 aliphatic heterocycles. The van der Waals surface area contributed by atoms with Crippen molar-refractivity contribution in [3.05, 3.63) is 29.8 Å². The van der Waals surface area contributed by atoms with Crippen LogP contribution in [0.1, 0.15) is 19.4 Å². The Kier molecular flexibility index (Phi) is 11.0. The Hall–Kier alpha value is -1.03. The lowest BCUT2D eigenvalue weighted by atomic mass is 10.2. The number of rotatable bonds is 8. The fraction of sp³-hybridized carbons (Fsp3) is 0.533. The minimum atomic E-state index is -2.98. The van der Waals surface area contributed by atoms with Gasteiger partial charge in [0.05, 0.1) is 18.9 Å². The van der Waals surface area contributed by atoms with Crippen LogP contribution in [-0.2, 0) is 16.4 Å². The lowest BCUT2D eigenvalue weighted by Crippen LogP contribution is -2.39. The van der Waals surface area contributed by atoms with Gasteiger partial charge in [-0.15, -0.1) is 24.0 Å². The Morgan fingerprint density at radius 1 is 1.22 bits per heavy atom. The fourth-order valence-electron chi connectivity index (χ4n) is 1.79. The zero-order chi connectivity index (χ0) is 16.4. The molecule has 0 atom stereocenters. The predicted molar refractivity (Wildman–Crippen MR) is 106 cm³/mol. The summed E-state index contributed by atoms with van der Waals surface area (Å²) in [5.41, 5.74) is 0.990. The third kappa shape index (κ3) is 9.65. The monoisotopic (exact) mass is 455 g/mol. The number of ether oxygens (including phenoxy) is 1. The number of halogens is 1. The molecule has 0 aromatic heterocycles. The zero-order valence-corrected chi connectivity index (χ0v) is 17.0. The van der Waals surface area contributed by atoms with E-state index >= 15 is 0 Å². The second-order valence-electron chi connectivity index (χ2n) is 4.79. The molecule has 1 rings (SSSR count). The van der Waals surface area contributed by atoms with Crippen molar-refractivity contribution in [1.29, 1.82) is 0 Å². The molecule has 0 saturated carbocycles. The average Bonchev–Trinajstić information content (AvgIpc) is 2.45. The van der Waals surface area contributed by atoms with E-state index in [9.17, 15) is 8.42 Å². The van der Waals surface area contributed by atoms with Crippen LogP contribution in [-0.4, -0.2) is 46.1 Å². The Bertz CT molecular complexity index is 591. The first kappa shape index (κ1) is 22.0. The van der Waals surface area contributed by atoms with Gasteiger partial charge < -0.3 is 15.4 Å². The molecule has 0 heterocycles. The maximum Gasteiger partial charge on any atom is 0.191 e. The molecular weight excluding hydrogens is 429 g/mol. The third-order valence-electron chi connectivity index (χ3n) is 2.79. The SMILES string of the molecule is CCNC(=NCc1ccccc1OCC)NCCS(C)(=O)=O.I. The molecule has 8 heteroatoms. The number of benzene rings is 1. The molecule has 2 N–H and O–H groups in total. The van der Waals surface area contributed by atoms with E-state index in [1.165, 1.54) is 6.26 Å². The summed E-state index contributed by atoms with van der Waals surface area (Å²) in [6, 6.07) is 7.75. The van der Waals surface area contributed by atoms with E-state index in [0.29, 0.717) is 32.2 Å². The summed E-state index contributed by atoms with van der Waals surface area (Å²) in [5, 5.41) is 6.11. The molecule has 6 nitrogen and oxygen atoms in total. The van der Waals surface area contributed by atoms with Gasteiger partial charge in [-0.25, -0.2) is 13.4 Å². The van der Waals surface area contributed by atoms with Crippen molar-refractivity contribution in [2.24, 2.45) is 4.99 Å². The summed E-state index contributed by atoms with van der Waals surface area (Å²) in [4.78, 5) is 4.47. The van der Waals surface area contributed by atoms with Gasteiger partial charge in [0.25, 0.3) is 0 Å². The molecule has 132 valence electrons. The Balaban J connectivity index is 0.00000484. The molecule has 0 amide bonds. The van der Waals surface area contributed by atoms with Gasteiger partial charge >= 0.3 is 0 Å². The molecule has 0 fully saturated rings. The van der Waals surface area contributed by atoms with Crippen LogP contribution >= 0.6 is 24.0 Å². The van der Waals surface area contributed by atoms with E-state index in [1.807, 2.05) is 38.1 Å². The summed E-state index contributed by atoms with van der Waals surface area (Å²) in [6.07, 6.45) is 1.22. The van der Waals surface area contributed by atoms with Crippen molar-refractivity contribution in [3.8, 4) is 5.75 Å². The molecule has 0 bridgehead atoms. The van der Waals surface area contributed by atoms with Crippen molar-refractivity contribution in [1.82, 2.24) is 10.6 Å². The van der Waals surface area contributed by atoms with Crippen LogP contribution in [0.5, 0.6) is 5.75 Å². The van der Waals surface area contributed by atoms with E-state index in [0.717, 1.165) is 11.3 Å². The standard InChI is InChI=1S/C15H25N3O3S.HI/c1-4-16-15(17-10-11-22(3,19)20)18-12-13-8-6-7-9-14(13)21-5-2;/h6-9H,4-5,10-12H2,1-3H3,(H2,16,17,18);1H. The van der Waals surface area contributed by atoms with Gasteiger partial charge in [0, 0.05) is 24.9 Å². The largest absolute Gasteiger partial charge is 0.494 e. The molecular formula is C15H26IN3O3S. The molecule has 0 aliphatic rings. The van der Waals surface area contributed by atoms with Crippen molar-refractivity contribution >= 4 is 39.8 Å². The van der Waals surface area contributed by atoms with Crippen molar-refractivity contribution in [2.75, 3.05) is 31.7 Å². The van der Waals surface area contributed by atoms with Gasteiger partial charge in [-0.1, -0.05) is 18.2 Å². The van der Waals surface area contributed by atoms with Gasteiger partial charge in [-0.05, 0) is 19.9 Å². The molecule has 23 heavy (non-hydrogen) atoms. The van der Waals surface area contributed by atoms with E-state index in [1.54, 1.807) is 0 Å². The third-order valence-corrected chi connectivity index (χ3v) is 3.74. The zero-order valence-electron chi connectivity index (χ0n) is 13.8. The van der Waals surface area contributed by atoms with Crippen LogP contribution in [0.25, 0.3) is 0 Å². The number of para-hydroxylation sites is 1. The Morgan fingerprint density at radius 3 is 2.52 bits per heavy atom. The van der Waals surface area contributed by atoms with E-state index in [4.69, 9.17) is 4.74 Å². The highest BCUT2D eigenvalue weighted by Crippen LogP contribution is 2.18. The van der Waals surface area contributed by atoms with E-state index < -0.39 is 9.84 Å². The van der Waals surface area contributed by atoms with Crippen molar-refractivity contribution in [2.45, 2.75) is 20.4 Å². The number of hydrogen-bond acceptors (Lipinski definition) is 4. The van der Waals surface area contributed by atoms with Gasteiger partial charge in [-0.2, -0.15) is 0 Å². The highest BCUT2D eigenvalue weighted by Gasteiger charge is 2.05. The van der Waals surface area contributed by atoms with Crippen LogP contribution in [0.2, 0.25) is 0 Å². The lowest BCUT2D eigenvalue weighted by molar-refractivity contribution is 0.336. The molecule has 1 aromatic rings. The van der Waals surface area contributed by atoms with E-state index in [2.05, 4.69) is 15.6 Å². The van der Waals surface area contributed by atoms with Crippen LogP contribution in [0.15, 0.2) is 29.3 Å². The normalized spacial score (nSPS) is 11.5. The number of nitrogens with one attached hydrogen (secondary N) is 2. The Morgan fingerprint density at radius 2 is 1.91 bits per heavy atom. The second-order valence-corrected chi connectivity index (χ2v) is 7.05. The number of sulfone groups is 1. The van der Waals surface area contributed by atoms with E-state index in [-0.39, 0.29) is 29.7 Å². The van der Waals surface area contributed by atoms with Gasteiger partial charge in [0.15, 0.2) is 5.96 Å². The summed E-state index contributed by atoms with van der Waals surface area (Å²) in [7, 11) is -2.98. The highest BCUT2D eigenvalue weighted by molar-refractivity contribution is 14.0. The molecule has 0 aliphatic carbocycles. The summed E-state index contributed by atoms with van der Waals surface area (Å²) in [5.74, 6) is 1.49. The molecule has 0 radical (unpaired) electrons. The van der Waals surface area contributed by atoms with Crippen molar-refractivity contribution in [3.63, 3.8) is 0 Å². The summed E-state index contributed by atoms with van der Waals surface area (Å²) < 4.78 is 27.9. The number of hydrogen-bond donors (Lipinski definition) is 2. The molecule has 0 saturated heterocycles. The summed E-state index contributed by atoms with van der Waals surface area (Å²) >= 11 is 0. The van der Waals surface area contributed by atoms with Gasteiger partial charge in [-0.3, -0.25) is 0 Å². The molecule has 0 spiro atoms. The highest BCUT2D eigenvalue weighted by atomic mass is 127. The topological polar surface area (TPSA) is 79.8 Å². The Labute approximate surface area is 156 Å². The smallest absolute Gasteiger partial charge is 0.191 e. The number of guanidine groups is 1. The maximum atomic E-state index is 11.1. The first-order valence-electron chi connectivity index (χ1n) is 7.37. The fourth-order valence-corrected chi connectivity index (χ4v) is 2.26. The number of nitrogens with zero attached hydrogens (tertiary/aromatic N) is 1. The van der Waals surface area contributed by atoms with Crippen LogP contribution in [0.4, 0.5) is 0 Å². The van der Waals surface area contributed by atoms with Crippen molar-refractivity contribution < 1.29 is 13.2 Å². The minimum absolute atomic E-state index is 0. The molecule has 1 aromatic carbocycles. The van der Waals surface area contributed by atoms with Gasteiger partial charge in [0.2, 0.25) is 0 Å². The van der Waals surface area contributed by atoms with Gasteiger partial charge in [0.1, 0.15) is 15.6 Å². The minimum Gasteiger partial charge on any atom is -0.494 e. The summed E-state index contributed by atoms with van der Waals surface area (Å²) in [6.45, 7) is 6.01. The molecule has 0 unspecified atom stereocenters. The van der Waals surface area contributed by atoms with Crippen LogP contribution < -0.4 is 15.4 Å². The first-order chi connectivity index (χ1) is 10.5. The number of aliphatic imine (C=N–C) groups is 1. The van der Waals surface area contributed by atoms with Crippen LogP contribution in [0.3, 0.4) is 0 Å².